The topological polar surface area (TPSA) is 66.0 Å². The molecule has 1 aromatic carbocycles. The zero-order chi connectivity index (χ0) is 22.1. The second-order valence-corrected chi connectivity index (χ2v) is 8.41. The number of hydrogen-bond acceptors (Lipinski definition) is 5. The summed E-state index contributed by atoms with van der Waals surface area (Å²) in [5.74, 6) is 1.04. The van der Waals surface area contributed by atoms with E-state index in [0.29, 0.717) is 25.3 Å². The summed E-state index contributed by atoms with van der Waals surface area (Å²) in [5.41, 5.74) is 4.74. The largest absolute Gasteiger partial charge is 0.447 e. The lowest BCUT2D eigenvalue weighted by molar-refractivity contribution is 0.0746. The van der Waals surface area contributed by atoms with Crippen molar-refractivity contribution in [1.82, 2.24) is 9.88 Å². The molecule has 172 valence electrons. The van der Waals surface area contributed by atoms with Crippen LogP contribution in [0.3, 0.4) is 0 Å². The summed E-state index contributed by atoms with van der Waals surface area (Å²) >= 11 is 0. The normalized spacial score (nSPS) is 18.4. The van der Waals surface area contributed by atoms with Crippen molar-refractivity contribution in [3.8, 4) is 0 Å². The van der Waals surface area contributed by atoms with Crippen LogP contribution >= 0.6 is 12.4 Å². The average Bonchev–Trinajstić information content (AvgIpc) is 3.11. The van der Waals surface area contributed by atoms with Gasteiger partial charge in [0, 0.05) is 43.6 Å². The molecule has 0 radical (unpaired) electrons. The SMILES string of the molecule is CCc1cnc(N2CCN(C(=O)c3ccc(N4C(=O)OC[C@H]4C)cc3C)CC2)c(C)c1.Cl. The molecule has 0 saturated carbocycles. The van der Waals surface area contributed by atoms with Crippen LogP contribution in [0.15, 0.2) is 30.5 Å². The van der Waals surface area contributed by atoms with Crippen molar-refractivity contribution < 1.29 is 14.3 Å². The van der Waals surface area contributed by atoms with Gasteiger partial charge >= 0.3 is 6.09 Å². The fourth-order valence-corrected chi connectivity index (χ4v) is 4.36. The Balaban J connectivity index is 0.00000289. The van der Waals surface area contributed by atoms with Crippen molar-refractivity contribution in [2.45, 2.75) is 40.2 Å². The van der Waals surface area contributed by atoms with Gasteiger partial charge in [-0.1, -0.05) is 13.0 Å². The minimum Gasteiger partial charge on any atom is -0.447 e. The molecule has 3 heterocycles. The van der Waals surface area contributed by atoms with E-state index in [4.69, 9.17) is 4.74 Å². The van der Waals surface area contributed by atoms with E-state index in [1.165, 1.54) is 11.1 Å². The molecule has 2 saturated heterocycles. The predicted molar refractivity (Wildman–Crippen MR) is 128 cm³/mol. The van der Waals surface area contributed by atoms with Crippen molar-refractivity contribution in [3.63, 3.8) is 0 Å². The van der Waals surface area contributed by atoms with E-state index >= 15 is 0 Å². The first-order valence-corrected chi connectivity index (χ1v) is 11.0. The maximum absolute atomic E-state index is 13.2. The number of aryl methyl sites for hydroxylation is 3. The summed E-state index contributed by atoms with van der Waals surface area (Å²) in [6, 6.07) is 7.75. The smallest absolute Gasteiger partial charge is 0.414 e. The molecule has 0 N–H and O–H groups in total. The number of nitrogens with zero attached hydrogens (tertiary/aromatic N) is 4. The van der Waals surface area contributed by atoms with Crippen LogP contribution in [-0.4, -0.2) is 60.7 Å². The molecule has 0 unspecified atom stereocenters. The van der Waals surface area contributed by atoms with Gasteiger partial charge in [0.05, 0.1) is 6.04 Å². The Hall–Kier alpha value is -2.80. The fraction of sp³-hybridized carbons (Fsp3) is 0.458. The molecule has 0 aliphatic carbocycles. The molecule has 1 atom stereocenters. The molecule has 2 aliphatic heterocycles. The van der Waals surface area contributed by atoms with Gasteiger partial charge in [0.1, 0.15) is 12.4 Å². The van der Waals surface area contributed by atoms with E-state index in [1.807, 2.05) is 43.1 Å². The number of rotatable bonds is 4. The van der Waals surface area contributed by atoms with Gasteiger partial charge in [0.25, 0.3) is 5.91 Å². The highest BCUT2D eigenvalue weighted by molar-refractivity contribution is 5.97. The predicted octanol–water partition coefficient (Wildman–Crippen LogP) is 3.99. The third-order valence-corrected chi connectivity index (χ3v) is 6.19. The van der Waals surface area contributed by atoms with Gasteiger partial charge in [-0.05, 0) is 62.1 Å². The highest BCUT2D eigenvalue weighted by Crippen LogP contribution is 2.27. The Bertz CT molecular complexity index is 1000. The lowest BCUT2D eigenvalue weighted by Crippen LogP contribution is -2.49. The first kappa shape index (κ1) is 23.9. The van der Waals surface area contributed by atoms with Gasteiger partial charge in [-0.2, -0.15) is 0 Å². The summed E-state index contributed by atoms with van der Waals surface area (Å²) in [6.07, 6.45) is 2.59. The third-order valence-electron chi connectivity index (χ3n) is 6.19. The van der Waals surface area contributed by atoms with E-state index in [9.17, 15) is 9.59 Å². The number of piperazine rings is 1. The quantitative estimate of drug-likeness (QED) is 0.693. The Labute approximate surface area is 195 Å². The van der Waals surface area contributed by atoms with Crippen LogP contribution in [0.1, 0.15) is 40.9 Å². The van der Waals surface area contributed by atoms with Crippen LogP contribution in [0.4, 0.5) is 16.3 Å². The molecule has 2 amide bonds. The second kappa shape index (κ2) is 9.77. The minimum atomic E-state index is -0.335. The maximum Gasteiger partial charge on any atom is 0.414 e. The number of halogens is 1. The first-order chi connectivity index (χ1) is 14.9. The van der Waals surface area contributed by atoms with Crippen molar-refractivity contribution in [3.05, 3.63) is 52.7 Å². The fourth-order valence-electron chi connectivity index (χ4n) is 4.36. The molecule has 2 fully saturated rings. The standard InChI is InChI=1S/C24H30N4O3.ClH/c1-5-19-12-17(3)22(25-14-19)26-8-10-27(11-9-26)23(29)21-7-6-20(13-16(21)2)28-18(4)15-31-24(28)30;/h6-7,12-14,18H,5,8-11,15H2,1-4H3;1H/t18-;/m1./s1. The maximum atomic E-state index is 13.2. The Morgan fingerprint density at radius 1 is 1.12 bits per heavy atom. The molecule has 7 nitrogen and oxygen atoms in total. The van der Waals surface area contributed by atoms with Gasteiger partial charge in [-0.3, -0.25) is 9.69 Å². The Morgan fingerprint density at radius 2 is 1.84 bits per heavy atom. The average molecular weight is 459 g/mol. The summed E-state index contributed by atoms with van der Waals surface area (Å²) in [5, 5.41) is 0. The highest BCUT2D eigenvalue weighted by atomic mass is 35.5. The van der Waals surface area contributed by atoms with E-state index in [0.717, 1.165) is 36.6 Å². The summed E-state index contributed by atoms with van der Waals surface area (Å²) in [7, 11) is 0. The van der Waals surface area contributed by atoms with Crippen molar-refractivity contribution >= 4 is 35.9 Å². The van der Waals surface area contributed by atoms with Gasteiger partial charge < -0.3 is 14.5 Å². The van der Waals surface area contributed by atoms with Gasteiger partial charge in [-0.15, -0.1) is 12.4 Å². The number of anilines is 2. The number of cyclic esters (lactones) is 1. The molecule has 0 spiro atoms. The number of carbonyl (C=O) groups excluding carboxylic acids is 2. The minimum absolute atomic E-state index is 0. The van der Waals surface area contributed by atoms with Gasteiger partial charge in [-0.25, -0.2) is 9.78 Å². The zero-order valence-corrected chi connectivity index (χ0v) is 19.9. The molecule has 32 heavy (non-hydrogen) atoms. The molecule has 2 aliphatic rings. The van der Waals surface area contributed by atoms with Crippen molar-refractivity contribution in [2.75, 3.05) is 42.6 Å². The highest BCUT2D eigenvalue weighted by Gasteiger charge is 2.31. The van der Waals surface area contributed by atoms with Gasteiger partial charge in [0.15, 0.2) is 0 Å². The second-order valence-electron chi connectivity index (χ2n) is 8.41. The number of amides is 2. The van der Waals surface area contributed by atoms with Crippen molar-refractivity contribution in [1.29, 1.82) is 0 Å². The first-order valence-electron chi connectivity index (χ1n) is 11.0. The van der Waals surface area contributed by atoms with Crippen LogP contribution in [0.5, 0.6) is 0 Å². The molecule has 2 aromatic rings. The molecule has 1 aromatic heterocycles. The molecular formula is C24H31ClN4O3. The molecular weight excluding hydrogens is 428 g/mol. The zero-order valence-electron chi connectivity index (χ0n) is 19.1. The van der Waals surface area contributed by atoms with Gasteiger partial charge in [0.2, 0.25) is 0 Å². The summed E-state index contributed by atoms with van der Waals surface area (Å²) in [6.45, 7) is 11.3. The monoisotopic (exact) mass is 458 g/mol. The Morgan fingerprint density at radius 3 is 2.41 bits per heavy atom. The lowest BCUT2D eigenvalue weighted by atomic mass is 10.0. The van der Waals surface area contributed by atoms with Crippen LogP contribution in [-0.2, 0) is 11.2 Å². The lowest BCUT2D eigenvalue weighted by Gasteiger charge is -2.36. The van der Waals surface area contributed by atoms with Crippen LogP contribution in [0.2, 0.25) is 0 Å². The molecule has 0 bridgehead atoms. The molecule has 4 rings (SSSR count). The number of carbonyl (C=O) groups is 2. The van der Waals surface area contributed by atoms with E-state index < -0.39 is 0 Å². The number of ether oxygens (including phenoxy) is 1. The van der Waals surface area contributed by atoms with Crippen LogP contribution in [0.25, 0.3) is 0 Å². The van der Waals surface area contributed by atoms with E-state index in [-0.39, 0.29) is 30.4 Å². The van der Waals surface area contributed by atoms with E-state index in [1.54, 1.807) is 4.90 Å². The number of hydrogen-bond donors (Lipinski definition) is 0. The Kier molecular flexibility index (Phi) is 7.29. The van der Waals surface area contributed by atoms with Crippen LogP contribution in [0, 0.1) is 13.8 Å². The third kappa shape index (κ3) is 4.53. The van der Waals surface area contributed by atoms with Crippen molar-refractivity contribution in [2.24, 2.45) is 0 Å². The summed E-state index contributed by atoms with van der Waals surface area (Å²) < 4.78 is 5.11. The number of benzene rings is 1. The number of pyridine rings is 1. The van der Waals surface area contributed by atoms with Crippen LogP contribution < -0.4 is 9.80 Å². The van der Waals surface area contributed by atoms with E-state index in [2.05, 4.69) is 29.8 Å². The number of aromatic nitrogens is 1. The molecule has 8 heteroatoms. The summed E-state index contributed by atoms with van der Waals surface area (Å²) in [4.78, 5) is 35.6.